The maximum Gasteiger partial charge on any atom is 0.227 e. The van der Waals surface area contributed by atoms with Crippen molar-refractivity contribution in [2.24, 2.45) is 0 Å². The average Bonchev–Trinajstić information content (AvgIpc) is 3.16. The number of nitrogens with zero attached hydrogens (tertiary/aromatic N) is 3. The smallest absolute Gasteiger partial charge is 0.227 e. The molecule has 3 rings (SSSR count). The molecule has 0 unspecified atom stereocenters. The van der Waals surface area contributed by atoms with Gasteiger partial charge in [0.15, 0.2) is 0 Å². The fraction of sp³-hybridized carbons (Fsp3) is 0.423. The second-order valence-corrected chi connectivity index (χ2v) is 8.08. The number of hydrogen-bond acceptors (Lipinski definition) is 6. The molecule has 0 amide bonds. The molecule has 0 saturated heterocycles. The average molecular weight is 454 g/mol. The van der Waals surface area contributed by atoms with Crippen LogP contribution < -0.4 is 4.74 Å². The lowest BCUT2D eigenvalue weighted by atomic mass is 10.1. The largest absolute Gasteiger partial charge is 0.439 e. The Hall–Kier alpha value is -2.71. The van der Waals surface area contributed by atoms with Crippen LogP contribution in [0.3, 0.4) is 0 Å². The van der Waals surface area contributed by atoms with Gasteiger partial charge in [-0.05, 0) is 37.6 Å². The molecule has 3 aromatic rings. The Morgan fingerprint density at radius 1 is 1.03 bits per heavy atom. The van der Waals surface area contributed by atoms with E-state index in [0.717, 1.165) is 29.1 Å². The summed E-state index contributed by atoms with van der Waals surface area (Å²) in [6, 6.07) is 18.0. The number of benzene rings is 2. The van der Waals surface area contributed by atoms with Gasteiger partial charge in [-0.2, -0.15) is 5.10 Å². The number of aryl methyl sites for hydroxylation is 2. The van der Waals surface area contributed by atoms with E-state index in [0.29, 0.717) is 32.1 Å². The quantitative estimate of drug-likeness (QED) is 0.422. The Morgan fingerprint density at radius 2 is 1.76 bits per heavy atom. The summed E-state index contributed by atoms with van der Waals surface area (Å²) in [5, 5.41) is 15.3. The van der Waals surface area contributed by atoms with Gasteiger partial charge >= 0.3 is 0 Å². The van der Waals surface area contributed by atoms with Crippen LogP contribution in [0.2, 0.25) is 0 Å². The van der Waals surface area contributed by atoms with E-state index < -0.39 is 6.10 Å². The number of hydrogen-bond donors (Lipinski definition) is 1. The minimum Gasteiger partial charge on any atom is -0.439 e. The summed E-state index contributed by atoms with van der Waals surface area (Å²) < 4.78 is 18.8. The third-order valence-corrected chi connectivity index (χ3v) is 5.41. The molecule has 7 heteroatoms. The fourth-order valence-electron chi connectivity index (χ4n) is 3.71. The first-order valence-electron chi connectivity index (χ1n) is 11.3. The molecule has 0 fully saturated rings. The van der Waals surface area contributed by atoms with E-state index in [1.54, 1.807) is 14.2 Å². The molecule has 178 valence electrons. The lowest BCUT2D eigenvalue weighted by Crippen LogP contribution is -2.36. The molecular weight excluding hydrogens is 418 g/mol. The van der Waals surface area contributed by atoms with Gasteiger partial charge in [-0.25, -0.2) is 4.68 Å². The first kappa shape index (κ1) is 24.9. The minimum atomic E-state index is -0.595. The topological polar surface area (TPSA) is 69.0 Å². The summed E-state index contributed by atoms with van der Waals surface area (Å²) in [4.78, 5) is 2.15. The number of para-hydroxylation sites is 1. The highest BCUT2D eigenvalue weighted by atomic mass is 16.5. The number of aromatic nitrogens is 2. The molecule has 0 aliphatic carbocycles. The van der Waals surface area contributed by atoms with Crippen LogP contribution in [0, 0.1) is 6.92 Å². The van der Waals surface area contributed by atoms with Crippen LogP contribution in [-0.2, 0) is 22.4 Å². The van der Waals surface area contributed by atoms with Crippen LogP contribution in [-0.4, -0.2) is 66.4 Å². The normalized spacial score (nSPS) is 12.3. The molecule has 0 bridgehead atoms. The summed E-state index contributed by atoms with van der Waals surface area (Å²) in [5.74, 6) is 1.44. The van der Waals surface area contributed by atoms with Crippen LogP contribution in [0.1, 0.15) is 23.7 Å². The molecule has 0 saturated carbocycles. The van der Waals surface area contributed by atoms with E-state index in [1.807, 2.05) is 59.3 Å². The fourth-order valence-corrected chi connectivity index (χ4v) is 3.71. The van der Waals surface area contributed by atoms with E-state index in [1.165, 1.54) is 5.56 Å². The Labute approximate surface area is 196 Å². The van der Waals surface area contributed by atoms with Crippen LogP contribution in [0.25, 0.3) is 5.69 Å². The summed E-state index contributed by atoms with van der Waals surface area (Å²) in [6.07, 6.45) is 0.167. The summed E-state index contributed by atoms with van der Waals surface area (Å²) in [7, 11) is 3.27. The van der Waals surface area contributed by atoms with E-state index in [9.17, 15) is 5.11 Å². The second-order valence-electron chi connectivity index (χ2n) is 8.08. The van der Waals surface area contributed by atoms with Gasteiger partial charge in [-0.3, -0.25) is 4.90 Å². The van der Waals surface area contributed by atoms with Crippen molar-refractivity contribution in [1.82, 2.24) is 14.7 Å². The predicted molar refractivity (Wildman–Crippen MR) is 129 cm³/mol. The van der Waals surface area contributed by atoms with Crippen LogP contribution >= 0.6 is 0 Å². The van der Waals surface area contributed by atoms with Gasteiger partial charge in [-0.15, -0.1) is 0 Å². The van der Waals surface area contributed by atoms with Gasteiger partial charge in [0.05, 0.1) is 36.3 Å². The SMILES string of the molecule is CCc1nn(-c2ccccc2)c(Oc2ccc(C)cc2)c1CN(CCOC)C[C@@H](O)COC. The number of aliphatic hydroxyl groups is 1. The summed E-state index contributed by atoms with van der Waals surface area (Å²) in [6.45, 7) is 6.68. The van der Waals surface area contributed by atoms with Crippen molar-refractivity contribution < 1.29 is 19.3 Å². The zero-order chi connectivity index (χ0) is 23.6. The highest BCUT2D eigenvalue weighted by molar-refractivity contribution is 5.44. The van der Waals surface area contributed by atoms with Gasteiger partial charge in [-0.1, -0.05) is 42.8 Å². The van der Waals surface area contributed by atoms with E-state index in [4.69, 9.17) is 19.3 Å². The van der Waals surface area contributed by atoms with Crippen molar-refractivity contribution in [3.05, 3.63) is 71.4 Å². The zero-order valence-electron chi connectivity index (χ0n) is 20.0. The van der Waals surface area contributed by atoms with Crippen molar-refractivity contribution in [3.63, 3.8) is 0 Å². The molecule has 0 spiro atoms. The van der Waals surface area contributed by atoms with E-state index in [-0.39, 0.29) is 6.61 Å². The molecule has 1 aromatic heterocycles. The third kappa shape index (κ3) is 6.88. The van der Waals surface area contributed by atoms with E-state index in [2.05, 4.69) is 18.7 Å². The molecule has 0 aliphatic rings. The van der Waals surface area contributed by atoms with Gasteiger partial charge in [0.1, 0.15) is 5.75 Å². The molecule has 0 radical (unpaired) electrons. The van der Waals surface area contributed by atoms with E-state index >= 15 is 0 Å². The second kappa shape index (κ2) is 12.5. The minimum absolute atomic E-state index is 0.278. The molecule has 1 heterocycles. The van der Waals surface area contributed by atoms with Crippen LogP contribution in [0.5, 0.6) is 11.6 Å². The van der Waals surface area contributed by atoms with Crippen molar-refractivity contribution >= 4 is 0 Å². The monoisotopic (exact) mass is 453 g/mol. The Kier molecular flexibility index (Phi) is 9.45. The molecule has 33 heavy (non-hydrogen) atoms. The van der Waals surface area contributed by atoms with Crippen LogP contribution in [0.4, 0.5) is 0 Å². The first-order chi connectivity index (χ1) is 16.0. The molecule has 0 aliphatic heterocycles. The molecule has 2 aromatic carbocycles. The summed E-state index contributed by atoms with van der Waals surface area (Å²) >= 11 is 0. The zero-order valence-corrected chi connectivity index (χ0v) is 20.0. The number of ether oxygens (including phenoxy) is 3. The van der Waals surface area contributed by atoms with Crippen molar-refractivity contribution in [3.8, 4) is 17.3 Å². The standard InChI is InChI=1S/C26H35N3O4/c1-5-25-24(18-28(15-16-31-3)17-22(30)19-32-4)26(33-23-13-11-20(2)12-14-23)29(27-25)21-9-7-6-8-10-21/h6-14,22,30H,5,15-19H2,1-4H3/t22-/m1/s1. The number of methoxy groups -OCH3 is 2. The van der Waals surface area contributed by atoms with Gasteiger partial charge < -0.3 is 19.3 Å². The Bertz CT molecular complexity index is 973. The van der Waals surface area contributed by atoms with Gasteiger partial charge in [0, 0.05) is 33.9 Å². The lowest BCUT2D eigenvalue weighted by Gasteiger charge is -2.25. The van der Waals surface area contributed by atoms with Gasteiger partial charge in [0.2, 0.25) is 5.88 Å². The van der Waals surface area contributed by atoms with Crippen molar-refractivity contribution in [2.75, 3.05) is 40.5 Å². The molecular formula is C26H35N3O4. The number of rotatable bonds is 13. The Morgan fingerprint density at radius 3 is 2.39 bits per heavy atom. The molecule has 1 N–H and O–H groups in total. The highest BCUT2D eigenvalue weighted by Gasteiger charge is 2.23. The molecule has 7 nitrogen and oxygen atoms in total. The molecule has 1 atom stereocenters. The maximum absolute atomic E-state index is 10.4. The van der Waals surface area contributed by atoms with Crippen LogP contribution in [0.15, 0.2) is 54.6 Å². The first-order valence-corrected chi connectivity index (χ1v) is 11.3. The summed E-state index contributed by atoms with van der Waals surface area (Å²) in [5.41, 5.74) is 4.07. The predicted octanol–water partition coefficient (Wildman–Crippen LogP) is 3.99. The lowest BCUT2D eigenvalue weighted by molar-refractivity contribution is 0.0291. The Balaban J connectivity index is 2.01. The highest BCUT2D eigenvalue weighted by Crippen LogP contribution is 2.32. The number of aliphatic hydroxyl groups excluding tert-OH is 1. The van der Waals surface area contributed by atoms with Crippen molar-refractivity contribution in [1.29, 1.82) is 0 Å². The third-order valence-electron chi connectivity index (χ3n) is 5.41. The van der Waals surface area contributed by atoms with Crippen molar-refractivity contribution in [2.45, 2.75) is 32.9 Å². The maximum atomic E-state index is 10.4. The van der Waals surface area contributed by atoms with Gasteiger partial charge in [0.25, 0.3) is 0 Å².